The van der Waals surface area contributed by atoms with Crippen LogP contribution in [0.4, 0.5) is 4.79 Å². The van der Waals surface area contributed by atoms with E-state index in [4.69, 9.17) is 32.7 Å². The van der Waals surface area contributed by atoms with Crippen molar-refractivity contribution in [2.45, 2.75) is 0 Å². The Labute approximate surface area is 154 Å². The van der Waals surface area contributed by atoms with Crippen LogP contribution in [0.2, 0.25) is 10.0 Å². The number of rotatable bonds is 2. The first-order valence-corrected chi connectivity index (χ1v) is 8.03. The molecule has 1 aliphatic rings. The molecule has 0 atom stereocenters. The number of ether oxygens (including phenoxy) is 2. The van der Waals surface area contributed by atoms with Crippen LogP contribution in [0, 0.1) is 0 Å². The molecule has 1 amide bonds. The van der Waals surface area contributed by atoms with Crippen molar-refractivity contribution in [3.8, 4) is 11.5 Å². The van der Waals surface area contributed by atoms with E-state index in [0.717, 1.165) is 0 Å². The van der Waals surface area contributed by atoms with Gasteiger partial charge in [-0.25, -0.2) is 4.79 Å². The lowest BCUT2D eigenvalue weighted by atomic mass is 10.1. The number of ketones is 1. The molecule has 2 aromatic rings. The van der Waals surface area contributed by atoms with Crippen molar-refractivity contribution >= 4 is 41.2 Å². The third-order valence-electron chi connectivity index (χ3n) is 3.46. The number of carbonyl (C=O) groups excluding carboxylic acids is 2. The van der Waals surface area contributed by atoms with Crippen LogP contribution < -0.4 is 9.47 Å². The van der Waals surface area contributed by atoms with Gasteiger partial charge in [0.1, 0.15) is 11.5 Å². The van der Waals surface area contributed by atoms with E-state index in [1.807, 2.05) is 0 Å². The summed E-state index contributed by atoms with van der Waals surface area (Å²) in [6.07, 6.45) is 1.03. The van der Waals surface area contributed by atoms with Crippen LogP contribution >= 0.6 is 23.2 Å². The Hall–Kier alpha value is -2.50. The Morgan fingerprint density at radius 2 is 1.92 bits per heavy atom. The zero-order chi connectivity index (χ0) is 18.1. The van der Waals surface area contributed by atoms with Crippen molar-refractivity contribution in [1.29, 1.82) is 0 Å². The fourth-order valence-corrected chi connectivity index (χ4v) is 2.65. The molecule has 0 unspecified atom stereocenters. The van der Waals surface area contributed by atoms with Crippen molar-refractivity contribution < 1.29 is 19.1 Å². The first kappa shape index (κ1) is 17.3. The van der Waals surface area contributed by atoms with Gasteiger partial charge >= 0.3 is 6.09 Å². The number of amides is 1. The molecule has 1 aliphatic heterocycles. The highest BCUT2D eigenvalue weighted by molar-refractivity contribution is 6.35. The summed E-state index contributed by atoms with van der Waals surface area (Å²) in [5, 5.41) is 0.911. The lowest BCUT2D eigenvalue weighted by molar-refractivity contribution is 0.101. The molecule has 0 N–H and O–H groups in total. The molecule has 0 saturated heterocycles. The van der Waals surface area contributed by atoms with E-state index in [1.165, 1.54) is 11.0 Å². The van der Waals surface area contributed by atoms with Crippen LogP contribution in [-0.4, -0.2) is 30.9 Å². The molecule has 5 nitrogen and oxygen atoms in total. The van der Waals surface area contributed by atoms with E-state index < -0.39 is 6.09 Å². The second-order valence-electron chi connectivity index (χ2n) is 5.53. The van der Waals surface area contributed by atoms with Gasteiger partial charge in [0.2, 0.25) is 5.78 Å². The molecule has 0 spiro atoms. The molecule has 0 fully saturated rings. The number of benzene rings is 2. The lowest BCUT2D eigenvalue weighted by Gasteiger charge is -2.10. The molecule has 7 heteroatoms. The zero-order valence-corrected chi connectivity index (χ0v) is 14.9. The van der Waals surface area contributed by atoms with Crippen molar-refractivity contribution in [2.24, 2.45) is 0 Å². The number of fused-ring (bicyclic) bond motifs is 1. The Morgan fingerprint density at radius 1 is 1.16 bits per heavy atom. The van der Waals surface area contributed by atoms with Crippen LogP contribution in [0.15, 0.2) is 42.2 Å². The number of carbonyl (C=O) groups is 2. The minimum Gasteiger partial charge on any atom is -0.452 e. The average Bonchev–Trinajstić information content (AvgIpc) is 2.85. The number of allylic oxidation sites excluding steroid dienone is 1. The lowest BCUT2D eigenvalue weighted by Crippen LogP contribution is -2.25. The van der Waals surface area contributed by atoms with Gasteiger partial charge in [0.25, 0.3) is 0 Å². The molecule has 128 valence electrons. The van der Waals surface area contributed by atoms with Gasteiger partial charge in [0.05, 0.1) is 5.56 Å². The van der Waals surface area contributed by atoms with E-state index in [-0.39, 0.29) is 17.3 Å². The quantitative estimate of drug-likeness (QED) is 0.713. The molecule has 0 aromatic heterocycles. The zero-order valence-electron chi connectivity index (χ0n) is 13.4. The molecule has 2 aromatic carbocycles. The predicted molar refractivity (Wildman–Crippen MR) is 95.6 cm³/mol. The topological polar surface area (TPSA) is 55.8 Å². The molecule has 25 heavy (non-hydrogen) atoms. The fourth-order valence-electron chi connectivity index (χ4n) is 2.18. The molecule has 0 radical (unpaired) electrons. The highest BCUT2D eigenvalue weighted by Crippen LogP contribution is 2.35. The average molecular weight is 378 g/mol. The third-order valence-corrected chi connectivity index (χ3v) is 4.02. The van der Waals surface area contributed by atoms with Crippen LogP contribution in [0.1, 0.15) is 15.9 Å². The maximum atomic E-state index is 12.4. The van der Waals surface area contributed by atoms with Gasteiger partial charge in [-0.1, -0.05) is 29.3 Å². The van der Waals surface area contributed by atoms with Crippen molar-refractivity contribution in [2.75, 3.05) is 14.1 Å². The Bertz CT molecular complexity index is 906. The van der Waals surface area contributed by atoms with Gasteiger partial charge in [0.15, 0.2) is 5.76 Å². The fraction of sp³-hybridized carbons (Fsp3) is 0.111. The first-order chi connectivity index (χ1) is 11.8. The van der Waals surface area contributed by atoms with Crippen LogP contribution in [0.5, 0.6) is 11.5 Å². The van der Waals surface area contributed by atoms with Crippen LogP contribution in [-0.2, 0) is 0 Å². The summed E-state index contributed by atoms with van der Waals surface area (Å²) in [7, 11) is 3.15. The standard InChI is InChI=1S/C18H13Cl2NO4/c1-21(2)18(23)24-12-5-6-13-15(9-12)25-16(17(13)22)7-10-3-4-11(19)8-14(10)20/h3-9H,1-2H3. The number of nitrogens with zero attached hydrogens (tertiary/aromatic N) is 1. The number of Topliss-reactive ketones (excluding diaryl/α,β-unsaturated/α-hetero) is 1. The predicted octanol–water partition coefficient (Wildman–Crippen LogP) is 4.67. The second-order valence-corrected chi connectivity index (χ2v) is 6.37. The summed E-state index contributed by atoms with van der Waals surface area (Å²) in [6, 6.07) is 9.55. The van der Waals surface area contributed by atoms with Gasteiger partial charge in [-0.2, -0.15) is 0 Å². The molecule has 0 aliphatic carbocycles. The van der Waals surface area contributed by atoms with E-state index in [0.29, 0.717) is 26.9 Å². The van der Waals surface area contributed by atoms with Crippen molar-refractivity contribution in [3.05, 3.63) is 63.3 Å². The van der Waals surface area contributed by atoms with Crippen molar-refractivity contribution in [3.63, 3.8) is 0 Å². The van der Waals surface area contributed by atoms with E-state index in [2.05, 4.69) is 0 Å². The molecular weight excluding hydrogens is 365 g/mol. The van der Waals surface area contributed by atoms with Gasteiger partial charge in [-0.15, -0.1) is 0 Å². The van der Waals surface area contributed by atoms with E-state index in [1.54, 1.807) is 50.5 Å². The van der Waals surface area contributed by atoms with Gasteiger partial charge in [0, 0.05) is 30.2 Å². The number of hydrogen-bond donors (Lipinski definition) is 0. The summed E-state index contributed by atoms with van der Waals surface area (Å²) in [6.45, 7) is 0. The summed E-state index contributed by atoms with van der Waals surface area (Å²) in [4.78, 5) is 25.3. The van der Waals surface area contributed by atoms with Gasteiger partial charge < -0.3 is 14.4 Å². The second kappa shape index (κ2) is 6.78. The van der Waals surface area contributed by atoms with E-state index in [9.17, 15) is 9.59 Å². The largest absolute Gasteiger partial charge is 0.452 e. The normalized spacial score (nSPS) is 14.2. The summed E-state index contributed by atoms with van der Waals surface area (Å²) < 4.78 is 10.8. The highest BCUT2D eigenvalue weighted by atomic mass is 35.5. The van der Waals surface area contributed by atoms with Crippen molar-refractivity contribution in [1.82, 2.24) is 4.90 Å². The Kier molecular flexibility index (Phi) is 4.70. The summed E-state index contributed by atoms with van der Waals surface area (Å²) in [5.74, 6) is 0.475. The summed E-state index contributed by atoms with van der Waals surface area (Å²) >= 11 is 12.0. The smallest absolute Gasteiger partial charge is 0.414 e. The summed E-state index contributed by atoms with van der Waals surface area (Å²) in [5.41, 5.74) is 1.00. The molecular formula is C18H13Cl2NO4. The monoisotopic (exact) mass is 377 g/mol. The van der Waals surface area contributed by atoms with Crippen LogP contribution in [0.3, 0.4) is 0 Å². The highest BCUT2D eigenvalue weighted by Gasteiger charge is 2.28. The molecule has 0 saturated carbocycles. The Balaban J connectivity index is 1.88. The Morgan fingerprint density at radius 3 is 2.60 bits per heavy atom. The number of hydrogen-bond acceptors (Lipinski definition) is 4. The van der Waals surface area contributed by atoms with E-state index >= 15 is 0 Å². The maximum absolute atomic E-state index is 12.4. The van der Waals surface area contributed by atoms with Crippen LogP contribution in [0.25, 0.3) is 6.08 Å². The maximum Gasteiger partial charge on any atom is 0.414 e. The number of halogens is 2. The van der Waals surface area contributed by atoms with Gasteiger partial charge in [-0.05, 0) is 35.9 Å². The molecule has 1 heterocycles. The molecule has 3 rings (SSSR count). The first-order valence-electron chi connectivity index (χ1n) is 7.27. The van der Waals surface area contributed by atoms with Gasteiger partial charge in [-0.3, -0.25) is 4.79 Å². The SMILES string of the molecule is CN(C)C(=O)Oc1ccc2c(c1)OC(=Cc1ccc(Cl)cc1Cl)C2=O. The minimum atomic E-state index is -0.520. The minimum absolute atomic E-state index is 0.135. The molecule has 0 bridgehead atoms. The third kappa shape index (κ3) is 3.62.